The number of carboxylic acids is 1. The molecule has 122 valence electrons. The molecular formula is C19H18N2O3. The molecule has 3 N–H and O–H groups in total. The van der Waals surface area contributed by atoms with Crippen molar-refractivity contribution >= 4 is 22.6 Å². The number of nitrogens with zero attached hydrogens (tertiary/aromatic N) is 1. The smallest absolute Gasteiger partial charge is 0.339 e. The fourth-order valence-electron chi connectivity index (χ4n) is 2.79. The molecule has 5 heteroatoms. The van der Waals surface area contributed by atoms with Crippen molar-refractivity contribution in [3.05, 3.63) is 70.9 Å². The van der Waals surface area contributed by atoms with E-state index in [2.05, 4.69) is 10.3 Å². The standard InChI is InChI=1S/C19H18N2O3/c1-12-7-8-14(11-22)17-16(12)18(15(10-21-17)19(23)24)20-9-13-5-3-2-4-6-13/h2-8,10,22H,9,11H2,1H3,(H,20,21)(H,23,24). The Hall–Kier alpha value is -2.92. The number of aliphatic hydroxyl groups is 1. The van der Waals surface area contributed by atoms with Gasteiger partial charge in [0.15, 0.2) is 0 Å². The van der Waals surface area contributed by atoms with Crippen LogP contribution in [0.3, 0.4) is 0 Å². The molecule has 0 spiro atoms. The highest BCUT2D eigenvalue weighted by Crippen LogP contribution is 2.31. The van der Waals surface area contributed by atoms with Crippen molar-refractivity contribution in [1.29, 1.82) is 0 Å². The molecule has 1 heterocycles. The second-order valence-electron chi connectivity index (χ2n) is 5.61. The van der Waals surface area contributed by atoms with Gasteiger partial charge in [0.25, 0.3) is 0 Å². The molecule has 2 aromatic carbocycles. The largest absolute Gasteiger partial charge is 0.478 e. The van der Waals surface area contributed by atoms with Crippen LogP contribution < -0.4 is 5.32 Å². The summed E-state index contributed by atoms with van der Waals surface area (Å²) < 4.78 is 0. The van der Waals surface area contributed by atoms with E-state index in [1.54, 1.807) is 0 Å². The van der Waals surface area contributed by atoms with Gasteiger partial charge in [0.2, 0.25) is 0 Å². The van der Waals surface area contributed by atoms with Crippen LogP contribution in [-0.4, -0.2) is 21.2 Å². The second-order valence-corrected chi connectivity index (χ2v) is 5.61. The fourth-order valence-corrected chi connectivity index (χ4v) is 2.79. The van der Waals surface area contributed by atoms with E-state index >= 15 is 0 Å². The molecule has 0 radical (unpaired) electrons. The first-order valence-corrected chi connectivity index (χ1v) is 7.65. The number of aliphatic hydroxyl groups excluding tert-OH is 1. The molecule has 24 heavy (non-hydrogen) atoms. The third-order valence-corrected chi connectivity index (χ3v) is 4.02. The normalized spacial score (nSPS) is 10.8. The molecule has 0 fully saturated rings. The van der Waals surface area contributed by atoms with Crippen molar-refractivity contribution in [2.45, 2.75) is 20.1 Å². The van der Waals surface area contributed by atoms with Crippen LogP contribution in [0.25, 0.3) is 10.9 Å². The Labute approximate surface area is 139 Å². The van der Waals surface area contributed by atoms with Gasteiger partial charge in [-0.2, -0.15) is 0 Å². The summed E-state index contributed by atoms with van der Waals surface area (Å²) in [6.45, 7) is 2.27. The van der Waals surface area contributed by atoms with Gasteiger partial charge in [0.05, 0.1) is 17.8 Å². The quantitative estimate of drug-likeness (QED) is 0.671. The number of benzene rings is 2. The van der Waals surface area contributed by atoms with Crippen molar-refractivity contribution in [3.63, 3.8) is 0 Å². The van der Waals surface area contributed by atoms with Crippen LogP contribution in [0.15, 0.2) is 48.7 Å². The lowest BCUT2D eigenvalue weighted by atomic mass is 10.0. The zero-order valence-electron chi connectivity index (χ0n) is 13.3. The molecule has 0 atom stereocenters. The Kier molecular flexibility index (Phi) is 4.44. The van der Waals surface area contributed by atoms with Gasteiger partial charge < -0.3 is 15.5 Å². The summed E-state index contributed by atoms with van der Waals surface area (Å²) in [7, 11) is 0. The second kappa shape index (κ2) is 6.68. The predicted molar refractivity (Wildman–Crippen MR) is 93.1 cm³/mol. The Balaban J connectivity index is 2.15. The molecule has 5 nitrogen and oxygen atoms in total. The fraction of sp³-hybridized carbons (Fsp3) is 0.158. The highest BCUT2D eigenvalue weighted by atomic mass is 16.4. The summed E-state index contributed by atoms with van der Waals surface area (Å²) in [6.07, 6.45) is 1.34. The Morgan fingerprint density at radius 3 is 2.58 bits per heavy atom. The highest BCUT2D eigenvalue weighted by molar-refractivity contribution is 6.06. The number of aromatic carboxylic acids is 1. The molecule has 0 unspecified atom stereocenters. The number of aryl methyl sites for hydroxylation is 1. The van der Waals surface area contributed by atoms with Crippen molar-refractivity contribution in [2.75, 3.05) is 5.32 Å². The van der Waals surface area contributed by atoms with Gasteiger partial charge in [-0.3, -0.25) is 4.98 Å². The maximum atomic E-state index is 11.6. The number of nitrogens with one attached hydrogen (secondary N) is 1. The van der Waals surface area contributed by atoms with Crippen molar-refractivity contribution in [1.82, 2.24) is 4.98 Å². The number of aromatic nitrogens is 1. The van der Waals surface area contributed by atoms with Crippen LogP contribution >= 0.6 is 0 Å². The monoisotopic (exact) mass is 322 g/mol. The van der Waals surface area contributed by atoms with Crippen LogP contribution in [0.2, 0.25) is 0 Å². The highest BCUT2D eigenvalue weighted by Gasteiger charge is 2.17. The van der Waals surface area contributed by atoms with Crippen LogP contribution in [0.5, 0.6) is 0 Å². The number of fused-ring (bicyclic) bond motifs is 1. The van der Waals surface area contributed by atoms with E-state index < -0.39 is 5.97 Å². The van der Waals surface area contributed by atoms with Gasteiger partial charge in [0.1, 0.15) is 5.56 Å². The van der Waals surface area contributed by atoms with E-state index in [9.17, 15) is 15.0 Å². The third kappa shape index (κ3) is 2.94. The number of hydrogen-bond donors (Lipinski definition) is 3. The Morgan fingerprint density at radius 2 is 1.92 bits per heavy atom. The summed E-state index contributed by atoms with van der Waals surface area (Å²) in [5.74, 6) is -1.03. The lowest BCUT2D eigenvalue weighted by Gasteiger charge is -2.16. The van der Waals surface area contributed by atoms with E-state index in [4.69, 9.17) is 0 Å². The lowest BCUT2D eigenvalue weighted by molar-refractivity contribution is 0.0697. The summed E-state index contributed by atoms with van der Waals surface area (Å²) in [6, 6.07) is 13.4. The van der Waals surface area contributed by atoms with E-state index in [0.717, 1.165) is 16.5 Å². The minimum Gasteiger partial charge on any atom is -0.478 e. The number of hydrogen-bond acceptors (Lipinski definition) is 4. The van der Waals surface area contributed by atoms with E-state index in [-0.39, 0.29) is 12.2 Å². The van der Waals surface area contributed by atoms with Crippen molar-refractivity contribution in [2.24, 2.45) is 0 Å². The zero-order chi connectivity index (χ0) is 17.1. The van der Waals surface area contributed by atoms with E-state index in [0.29, 0.717) is 23.3 Å². The zero-order valence-corrected chi connectivity index (χ0v) is 13.3. The molecule has 0 aliphatic rings. The molecule has 0 aliphatic heterocycles. The van der Waals surface area contributed by atoms with Crippen LogP contribution in [0.4, 0.5) is 5.69 Å². The number of pyridine rings is 1. The summed E-state index contributed by atoms with van der Waals surface area (Å²) in [4.78, 5) is 15.9. The van der Waals surface area contributed by atoms with Crippen LogP contribution in [-0.2, 0) is 13.2 Å². The van der Waals surface area contributed by atoms with Crippen molar-refractivity contribution < 1.29 is 15.0 Å². The topological polar surface area (TPSA) is 82.5 Å². The average molecular weight is 322 g/mol. The summed E-state index contributed by atoms with van der Waals surface area (Å²) in [5.41, 5.74) is 3.91. The molecule has 0 saturated heterocycles. The Morgan fingerprint density at radius 1 is 1.17 bits per heavy atom. The number of carbonyl (C=O) groups is 1. The van der Waals surface area contributed by atoms with Gasteiger partial charge in [-0.15, -0.1) is 0 Å². The number of rotatable bonds is 5. The summed E-state index contributed by atoms with van der Waals surface area (Å²) in [5, 5.41) is 23.0. The van der Waals surface area contributed by atoms with E-state index in [1.165, 1.54) is 6.20 Å². The van der Waals surface area contributed by atoms with Crippen LogP contribution in [0.1, 0.15) is 27.0 Å². The molecule has 3 rings (SSSR count). The molecule has 0 aliphatic carbocycles. The molecule has 1 aromatic heterocycles. The van der Waals surface area contributed by atoms with Crippen molar-refractivity contribution in [3.8, 4) is 0 Å². The molecular weight excluding hydrogens is 304 g/mol. The van der Waals surface area contributed by atoms with Gasteiger partial charge in [-0.05, 0) is 18.1 Å². The van der Waals surface area contributed by atoms with Gasteiger partial charge >= 0.3 is 5.97 Å². The number of anilines is 1. The first-order valence-electron chi connectivity index (χ1n) is 7.65. The van der Waals surface area contributed by atoms with Gasteiger partial charge in [0, 0.05) is 23.7 Å². The van der Waals surface area contributed by atoms with Crippen LogP contribution in [0, 0.1) is 6.92 Å². The average Bonchev–Trinajstić information content (AvgIpc) is 2.60. The molecule has 0 saturated carbocycles. The minimum absolute atomic E-state index is 0.122. The molecule has 0 bridgehead atoms. The van der Waals surface area contributed by atoms with Gasteiger partial charge in [-0.25, -0.2) is 4.79 Å². The maximum Gasteiger partial charge on any atom is 0.339 e. The third-order valence-electron chi connectivity index (χ3n) is 4.02. The molecule has 3 aromatic rings. The number of carboxylic acid groups (broad SMARTS) is 1. The first-order chi connectivity index (χ1) is 11.6. The Bertz CT molecular complexity index is 892. The van der Waals surface area contributed by atoms with Gasteiger partial charge in [-0.1, -0.05) is 42.5 Å². The lowest BCUT2D eigenvalue weighted by Crippen LogP contribution is -2.09. The maximum absolute atomic E-state index is 11.6. The first kappa shape index (κ1) is 16.0. The predicted octanol–water partition coefficient (Wildman–Crippen LogP) is 3.35. The molecule has 0 amide bonds. The SMILES string of the molecule is Cc1ccc(CO)c2ncc(C(=O)O)c(NCc3ccccc3)c12. The van der Waals surface area contributed by atoms with E-state index in [1.807, 2.05) is 49.4 Å². The summed E-state index contributed by atoms with van der Waals surface area (Å²) >= 11 is 0. The minimum atomic E-state index is -1.03.